The van der Waals surface area contributed by atoms with E-state index in [9.17, 15) is 9.59 Å². The molecule has 0 heterocycles. The van der Waals surface area contributed by atoms with Gasteiger partial charge in [0, 0.05) is 30.8 Å². The molecule has 2 aromatic carbocycles. The minimum Gasteiger partial charge on any atom is -0.497 e. The van der Waals surface area contributed by atoms with Crippen LogP contribution < -0.4 is 15.4 Å². The third-order valence-electron chi connectivity index (χ3n) is 3.80. The number of methoxy groups -OCH3 is 2. The first-order valence-corrected chi connectivity index (χ1v) is 8.39. The molecular weight excluding hydrogens is 356 g/mol. The van der Waals surface area contributed by atoms with Gasteiger partial charge in [0.1, 0.15) is 11.9 Å². The molecule has 2 amide bonds. The fourth-order valence-electron chi connectivity index (χ4n) is 2.33. The predicted molar refractivity (Wildman–Crippen MR) is 99.1 cm³/mol. The minimum atomic E-state index is -0.729. The Morgan fingerprint density at radius 2 is 1.65 bits per heavy atom. The van der Waals surface area contributed by atoms with E-state index < -0.39 is 17.9 Å². The Bertz CT molecular complexity index is 749. The predicted octanol–water partition coefficient (Wildman–Crippen LogP) is 2.47. The summed E-state index contributed by atoms with van der Waals surface area (Å²) < 4.78 is 10.4. The van der Waals surface area contributed by atoms with E-state index in [2.05, 4.69) is 10.6 Å². The second-order valence-electron chi connectivity index (χ2n) is 5.49. The molecule has 0 aliphatic heterocycles. The average molecular weight is 377 g/mol. The van der Waals surface area contributed by atoms with Gasteiger partial charge in [-0.15, -0.1) is 0 Å². The van der Waals surface area contributed by atoms with E-state index >= 15 is 0 Å². The number of amides is 2. The number of carbonyl (C=O) groups is 2. The van der Waals surface area contributed by atoms with Gasteiger partial charge >= 0.3 is 11.8 Å². The molecule has 0 bridgehead atoms. The first-order valence-electron chi connectivity index (χ1n) is 8.01. The summed E-state index contributed by atoms with van der Waals surface area (Å²) in [7, 11) is 3.10. The summed E-state index contributed by atoms with van der Waals surface area (Å²) in [6.07, 6.45) is -0.443. The highest BCUT2D eigenvalue weighted by atomic mass is 35.5. The van der Waals surface area contributed by atoms with Crippen molar-refractivity contribution in [2.75, 3.05) is 20.8 Å². The number of halogens is 1. The molecule has 0 aliphatic rings. The maximum Gasteiger partial charge on any atom is 0.309 e. The number of carbonyl (C=O) groups excluding carboxylic acids is 2. The average Bonchev–Trinajstić information content (AvgIpc) is 2.68. The largest absolute Gasteiger partial charge is 0.497 e. The van der Waals surface area contributed by atoms with Gasteiger partial charge in [-0.25, -0.2) is 0 Å². The maximum absolute atomic E-state index is 12.0. The number of hydrogen-bond acceptors (Lipinski definition) is 4. The molecular formula is C19H21ClN2O4. The van der Waals surface area contributed by atoms with Crippen molar-refractivity contribution in [1.29, 1.82) is 0 Å². The quantitative estimate of drug-likeness (QED) is 0.728. The third kappa shape index (κ3) is 5.47. The molecule has 1 unspecified atom stereocenters. The molecule has 7 heteroatoms. The summed E-state index contributed by atoms with van der Waals surface area (Å²) >= 11 is 6.13. The second-order valence-corrected chi connectivity index (χ2v) is 5.89. The van der Waals surface area contributed by atoms with Gasteiger partial charge in [0.15, 0.2) is 0 Å². The number of rotatable bonds is 7. The summed E-state index contributed by atoms with van der Waals surface area (Å²) in [6, 6.07) is 14.4. The van der Waals surface area contributed by atoms with Gasteiger partial charge in [0.2, 0.25) is 0 Å². The standard InChI is InChI=1S/C19H21ClN2O4/c1-25-14-9-7-13(8-10-14)11-21-18(23)19(24)22-12-17(26-2)15-5-3-4-6-16(15)20/h3-10,17H,11-12H2,1-2H3,(H,21,23)(H,22,24). The van der Waals surface area contributed by atoms with Crippen LogP contribution in [0, 0.1) is 0 Å². The van der Waals surface area contributed by atoms with E-state index in [1.807, 2.05) is 30.3 Å². The second kappa shape index (κ2) is 9.79. The van der Waals surface area contributed by atoms with Crippen LogP contribution in [-0.4, -0.2) is 32.6 Å². The fraction of sp³-hybridized carbons (Fsp3) is 0.263. The maximum atomic E-state index is 12.0. The van der Waals surface area contributed by atoms with Crippen molar-refractivity contribution >= 4 is 23.4 Å². The highest BCUT2D eigenvalue weighted by molar-refractivity contribution is 6.35. The van der Waals surface area contributed by atoms with Gasteiger partial charge in [0.05, 0.1) is 7.11 Å². The molecule has 0 spiro atoms. The topological polar surface area (TPSA) is 76.7 Å². The van der Waals surface area contributed by atoms with E-state index in [1.54, 1.807) is 25.3 Å². The Morgan fingerprint density at radius 3 is 2.27 bits per heavy atom. The van der Waals surface area contributed by atoms with Crippen LogP contribution in [0.25, 0.3) is 0 Å². The van der Waals surface area contributed by atoms with Gasteiger partial charge in [-0.2, -0.15) is 0 Å². The summed E-state index contributed by atoms with van der Waals surface area (Å²) in [4.78, 5) is 23.9. The van der Waals surface area contributed by atoms with Crippen LogP contribution in [0.1, 0.15) is 17.2 Å². The van der Waals surface area contributed by atoms with Crippen LogP contribution in [0.4, 0.5) is 0 Å². The molecule has 2 N–H and O–H groups in total. The summed E-state index contributed by atoms with van der Waals surface area (Å²) in [6.45, 7) is 0.378. The van der Waals surface area contributed by atoms with Crippen molar-refractivity contribution in [3.63, 3.8) is 0 Å². The highest BCUT2D eigenvalue weighted by Crippen LogP contribution is 2.24. The van der Waals surface area contributed by atoms with Gasteiger partial charge in [-0.05, 0) is 23.8 Å². The van der Waals surface area contributed by atoms with E-state index in [4.69, 9.17) is 21.1 Å². The Hall–Kier alpha value is -2.57. The fourth-order valence-corrected chi connectivity index (χ4v) is 2.59. The van der Waals surface area contributed by atoms with Crippen LogP contribution in [-0.2, 0) is 20.9 Å². The van der Waals surface area contributed by atoms with Gasteiger partial charge in [-0.3, -0.25) is 9.59 Å². The zero-order valence-corrected chi connectivity index (χ0v) is 15.4. The molecule has 0 saturated heterocycles. The number of ether oxygens (including phenoxy) is 2. The molecule has 0 saturated carbocycles. The highest BCUT2D eigenvalue weighted by Gasteiger charge is 2.18. The normalized spacial score (nSPS) is 11.5. The van der Waals surface area contributed by atoms with Gasteiger partial charge < -0.3 is 20.1 Å². The number of hydrogen-bond donors (Lipinski definition) is 2. The smallest absolute Gasteiger partial charge is 0.309 e. The monoisotopic (exact) mass is 376 g/mol. The van der Waals surface area contributed by atoms with Crippen molar-refractivity contribution in [1.82, 2.24) is 10.6 Å². The van der Waals surface area contributed by atoms with Crippen molar-refractivity contribution in [3.8, 4) is 5.75 Å². The summed E-state index contributed by atoms with van der Waals surface area (Å²) in [5.74, 6) is -0.717. The van der Waals surface area contributed by atoms with Crippen LogP contribution in [0.5, 0.6) is 5.75 Å². The molecule has 1 atom stereocenters. The van der Waals surface area contributed by atoms with Gasteiger partial charge in [-0.1, -0.05) is 41.9 Å². The molecule has 6 nitrogen and oxygen atoms in total. The Kier molecular flexibility index (Phi) is 7.44. The minimum absolute atomic E-state index is 0.134. The van der Waals surface area contributed by atoms with E-state index in [0.717, 1.165) is 16.9 Å². The van der Waals surface area contributed by atoms with Crippen molar-refractivity contribution < 1.29 is 19.1 Å². The lowest BCUT2D eigenvalue weighted by Gasteiger charge is -2.17. The summed E-state index contributed by atoms with van der Waals surface area (Å²) in [5, 5.41) is 5.67. The zero-order valence-electron chi connectivity index (χ0n) is 14.6. The SMILES string of the molecule is COc1ccc(CNC(=O)C(=O)NCC(OC)c2ccccc2Cl)cc1. The van der Waals surface area contributed by atoms with Crippen molar-refractivity contribution in [2.24, 2.45) is 0 Å². The van der Waals surface area contributed by atoms with E-state index in [1.165, 1.54) is 7.11 Å². The molecule has 0 radical (unpaired) electrons. The van der Waals surface area contributed by atoms with Crippen LogP contribution >= 0.6 is 11.6 Å². The lowest BCUT2D eigenvalue weighted by Crippen LogP contribution is -2.41. The van der Waals surface area contributed by atoms with Crippen LogP contribution in [0.15, 0.2) is 48.5 Å². The van der Waals surface area contributed by atoms with Gasteiger partial charge in [0.25, 0.3) is 0 Å². The van der Waals surface area contributed by atoms with Crippen LogP contribution in [0.2, 0.25) is 5.02 Å². The first kappa shape index (κ1) is 19.8. The number of nitrogens with one attached hydrogen (secondary N) is 2. The molecule has 138 valence electrons. The molecule has 2 aromatic rings. The molecule has 0 aromatic heterocycles. The third-order valence-corrected chi connectivity index (χ3v) is 4.15. The Balaban J connectivity index is 1.84. The van der Waals surface area contributed by atoms with Crippen molar-refractivity contribution in [3.05, 3.63) is 64.7 Å². The van der Waals surface area contributed by atoms with E-state index in [0.29, 0.717) is 5.02 Å². The molecule has 0 aliphatic carbocycles. The van der Waals surface area contributed by atoms with Crippen molar-refractivity contribution in [2.45, 2.75) is 12.6 Å². The lowest BCUT2D eigenvalue weighted by molar-refractivity contribution is -0.139. The molecule has 2 rings (SSSR count). The lowest BCUT2D eigenvalue weighted by atomic mass is 10.1. The molecule has 0 fully saturated rings. The first-order chi connectivity index (χ1) is 12.5. The van der Waals surface area contributed by atoms with Crippen LogP contribution in [0.3, 0.4) is 0 Å². The molecule has 26 heavy (non-hydrogen) atoms. The van der Waals surface area contributed by atoms with E-state index in [-0.39, 0.29) is 13.1 Å². The zero-order chi connectivity index (χ0) is 18.9. The Morgan fingerprint density at radius 1 is 1.00 bits per heavy atom. The Labute approximate surface area is 157 Å². The number of benzene rings is 2. The summed E-state index contributed by atoms with van der Waals surface area (Å²) in [5.41, 5.74) is 1.60.